The smallest absolute Gasteiger partial charge is 0.107 e. The predicted molar refractivity (Wildman–Crippen MR) is 86.7 cm³/mol. The maximum atomic E-state index is 5.89. The summed E-state index contributed by atoms with van der Waals surface area (Å²) in [6.45, 7) is 0.698. The van der Waals surface area contributed by atoms with E-state index >= 15 is 0 Å². The molecule has 1 aromatic carbocycles. The van der Waals surface area contributed by atoms with E-state index in [2.05, 4.69) is 21.2 Å². The van der Waals surface area contributed by atoms with E-state index in [-0.39, 0.29) is 0 Å². The molecule has 0 aliphatic carbocycles. The zero-order chi connectivity index (χ0) is 13.1. The number of halogens is 2. The van der Waals surface area contributed by atoms with Crippen LogP contribution in [0, 0.1) is 0 Å². The van der Waals surface area contributed by atoms with Crippen LogP contribution >= 0.6 is 51.1 Å². The molecule has 0 fully saturated rings. The highest BCUT2D eigenvalue weighted by Crippen LogP contribution is 2.27. The molecular weight excluding hydrogens is 352 g/mol. The van der Waals surface area contributed by atoms with Crippen LogP contribution in [-0.2, 0) is 6.54 Å². The molecule has 0 radical (unpaired) electrons. The molecule has 0 unspecified atom stereocenters. The number of benzene rings is 1. The van der Waals surface area contributed by atoms with Crippen LogP contribution in [0.2, 0.25) is 4.34 Å². The van der Waals surface area contributed by atoms with Gasteiger partial charge in [-0.05, 0) is 40.2 Å². The first kappa shape index (κ1) is 13.8. The zero-order valence-electron chi connectivity index (χ0n) is 9.24. The molecule has 0 aliphatic heterocycles. The highest BCUT2D eigenvalue weighted by atomic mass is 79.9. The minimum atomic E-state index is 0.370. The molecule has 0 spiro atoms. The van der Waals surface area contributed by atoms with Crippen LogP contribution in [0.4, 0.5) is 5.69 Å². The second-order valence-electron chi connectivity index (χ2n) is 3.59. The van der Waals surface area contributed by atoms with Gasteiger partial charge in [-0.25, -0.2) is 0 Å². The molecule has 0 saturated carbocycles. The van der Waals surface area contributed by atoms with Gasteiger partial charge in [0.1, 0.15) is 4.99 Å². The van der Waals surface area contributed by atoms with Gasteiger partial charge >= 0.3 is 0 Å². The monoisotopic (exact) mass is 360 g/mol. The van der Waals surface area contributed by atoms with Gasteiger partial charge in [0.2, 0.25) is 0 Å². The molecule has 18 heavy (non-hydrogen) atoms. The molecule has 2 nitrogen and oxygen atoms in total. The first-order valence-electron chi connectivity index (χ1n) is 5.14. The molecule has 2 rings (SSSR count). The molecule has 0 bridgehead atoms. The number of nitrogens with two attached hydrogens (primary N) is 1. The zero-order valence-corrected chi connectivity index (χ0v) is 13.2. The van der Waals surface area contributed by atoms with Gasteiger partial charge in [-0.2, -0.15) is 0 Å². The van der Waals surface area contributed by atoms with Crippen molar-refractivity contribution < 1.29 is 0 Å². The van der Waals surface area contributed by atoms with E-state index < -0.39 is 0 Å². The lowest BCUT2D eigenvalue weighted by molar-refractivity contribution is 1.19. The number of nitrogens with one attached hydrogen (secondary N) is 1. The average molecular weight is 362 g/mol. The topological polar surface area (TPSA) is 38.0 Å². The molecule has 2 aromatic rings. The van der Waals surface area contributed by atoms with E-state index in [0.717, 1.165) is 24.9 Å². The van der Waals surface area contributed by atoms with Crippen LogP contribution in [0.3, 0.4) is 0 Å². The molecule has 94 valence electrons. The van der Waals surface area contributed by atoms with Gasteiger partial charge in [-0.15, -0.1) is 11.3 Å². The first-order valence-corrected chi connectivity index (χ1v) is 7.54. The normalized spacial score (nSPS) is 10.3. The van der Waals surface area contributed by atoms with E-state index in [4.69, 9.17) is 29.6 Å². The molecule has 0 amide bonds. The van der Waals surface area contributed by atoms with Crippen LogP contribution in [0.25, 0.3) is 0 Å². The summed E-state index contributed by atoms with van der Waals surface area (Å²) in [5, 5.41) is 3.32. The maximum absolute atomic E-state index is 5.89. The fourth-order valence-corrected chi connectivity index (χ4v) is 3.51. The summed E-state index contributed by atoms with van der Waals surface area (Å²) in [4.78, 5) is 1.53. The Balaban J connectivity index is 2.19. The van der Waals surface area contributed by atoms with Crippen molar-refractivity contribution in [2.24, 2.45) is 5.73 Å². The second kappa shape index (κ2) is 6.02. The van der Waals surface area contributed by atoms with E-state index in [1.165, 1.54) is 0 Å². The summed E-state index contributed by atoms with van der Waals surface area (Å²) in [6, 6.07) is 9.70. The van der Waals surface area contributed by atoms with E-state index in [1.807, 2.05) is 30.3 Å². The first-order chi connectivity index (χ1) is 8.58. The number of hydrogen-bond acceptors (Lipinski definition) is 3. The Morgan fingerprint density at radius 3 is 2.78 bits per heavy atom. The van der Waals surface area contributed by atoms with Crippen LogP contribution < -0.4 is 11.1 Å². The highest BCUT2D eigenvalue weighted by Gasteiger charge is 2.09. The lowest BCUT2D eigenvalue weighted by Gasteiger charge is -2.12. The van der Waals surface area contributed by atoms with Crippen molar-refractivity contribution in [2.45, 2.75) is 6.54 Å². The van der Waals surface area contributed by atoms with Gasteiger partial charge in [0, 0.05) is 27.1 Å². The standard InChI is InChI=1S/C12H10BrClN2S2/c13-8-2-1-3-9(11(8)12(15)17)16-6-7-4-5-10(14)18-7/h1-5,16H,6H2,(H2,15,17). The minimum absolute atomic E-state index is 0.370. The Bertz CT molecular complexity index is 583. The fraction of sp³-hybridized carbons (Fsp3) is 0.0833. The Morgan fingerprint density at radius 1 is 1.39 bits per heavy atom. The third-order valence-electron chi connectivity index (χ3n) is 2.34. The van der Waals surface area contributed by atoms with Crippen molar-refractivity contribution in [1.29, 1.82) is 0 Å². The highest BCUT2D eigenvalue weighted by molar-refractivity contribution is 9.10. The number of thiophene rings is 1. The molecule has 1 aromatic heterocycles. The van der Waals surface area contributed by atoms with Gasteiger partial charge in [0.15, 0.2) is 0 Å². The quantitative estimate of drug-likeness (QED) is 0.792. The summed E-state index contributed by atoms with van der Waals surface area (Å²) < 4.78 is 1.68. The average Bonchev–Trinajstić information content (AvgIpc) is 2.72. The summed E-state index contributed by atoms with van der Waals surface area (Å²) in [6.07, 6.45) is 0. The van der Waals surface area contributed by atoms with Crippen molar-refractivity contribution in [3.8, 4) is 0 Å². The van der Waals surface area contributed by atoms with Crippen molar-refractivity contribution >= 4 is 61.8 Å². The maximum Gasteiger partial charge on any atom is 0.107 e. The van der Waals surface area contributed by atoms with E-state index in [9.17, 15) is 0 Å². The van der Waals surface area contributed by atoms with Gasteiger partial charge < -0.3 is 11.1 Å². The minimum Gasteiger partial charge on any atom is -0.389 e. The lowest BCUT2D eigenvalue weighted by atomic mass is 10.2. The van der Waals surface area contributed by atoms with Crippen molar-refractivity contribution in [1.82, 2.24) is 0 Å². The summed E-state index contributed by atoms with van der Waals surface area (Å²) in [5.74, 6) is 0. The predicted octanol–water partition coefficient (Wildman–Crippen LogP) is 4.41. The SMILES string of the molecule is NC(=S)c1c(Br)cccc1NCc1ccc(Cl)s1. The molecule has 0 aliphatic rings. The van der Waals surface area contributed by atoms with Crippen molar-refractivity contribution in [3.63, 3.8) is 0 Å². The Kier molecular flexibility index (Phi) is 4.61. The fourth-order valence-electron chi connectivity index (χ4n) is 1.55. The summed E-state index contributed by atoms with van der Waals surface area (Å²) in [5.41, 5.74) is 7.48. The molecule has 1 heterocycles. The summed E-state index contributed by atoms with van der Waals surface area (Å²) >= 11 is 16.0. The van der Waals surface area contributed by atoms with Gasteiger partial charge in [0.25, 0.3) is 0 Å². The Labute approximate surface area is 128 Å². The van der Waals surface area contributed by atoms with Gasteiger partial charge in [-0.3, -0.25) is 0 Å². The number of thiocarbonyl (C=S) groups is 1. The Hall–Kier alpha value is -0.620. The third-order valence-corrected chi connectivity index (χ3v) is 4.44. The van der Waals surface area contributed by atoms with Crippen LogP contribution in [-0.4, -0.2) is 4.99 Å². The summed E-state index contributed by atoms with van der Waals surface area (Å²) in [7, 11) is 0. The number of rotatable bonds is 4. The van der Waals surface area contributed by atoms with Crippen LogP contribution in [0.5, 0.6) is 0 Å². The molecule has 3 N–H and O–H groups in total. The Morgan fingerprint density at radius 2 is 2.17 bits per heavy atom. The second-order valence-corrected chi connectivity index (χ2v) is 6.68. The lowest BCUT2D eigenvalue weighted by Crippen LogP contribution is -2.13. The molecule has 0 atom stereocenters. The molecular formula is C12H10BrClN2S2. The van der Waals surface area contributed by atoms with Crippen LogP contribution in [0.1, 0.15) is 10.4 Å². The number of anilines is 1. The molecule has 6 heteroatoms. The van der Waals surface area contributed by atoms with Crippen molar-refractivity contribution in [2.75, 3.05) is 5.32 Å². The molecule has 0 saturated heterocycles. The van der Waals surface area contributed by atoms with E-state index in [0.29, 0.717) is 11.5 Å². The van der Waals surface area contributed by atoms with Crippen molar-refractivity contribution in [3.05, 3.63) is 49.6 Å². The van der Waals surface area contributed by atoms with Gasteiger partial charge in [-0.1, -0.05) is 29.9 Å². The largest absolute Gasteiger partial charge is 0.389 e. The van der Waals surface area contributed by atoms with Gasteiger partial charge in [0.05, 0.1) is 4.34 Å². The number of hydrogen-bond donors (Lipinski definition) is 2. The third kappa shape index (κ3) is 3.23. The van der Waals surface area contributed by atoms with Crippen LogP contribution in [0.15, 0.2) is 34.8 Å². The van der Waals surface area contributed by atoms with E-state index in [1.54, 1.807) is 11.3 Å².